The van der Waals surface area contributed by atoms with E-state index in [1.807, 2.05) is 12.1 Å². The van der Waals surface area contributed by atoms with Gasteiger partial charge in [0.1, 0.15) is 0 Å². The first kappa shape index (κ1) is 11.2. The molecule has 0 aliphatic heterocycles. The van der Waals surface area contributed by atoms with Gasteiger partial charge < -0.3 is 14.1 Å². The summed E-state index contributed by atoms with van der Waals surface area (Å²) in [6.45, 7) is 2.08. The number of rotatable bonds is 2. The maximum atomic E-state index is 11.6. The van der Waals surface area contributed by atoms with Crippen LogP contribution in [0.25, 0.3) is 22.0 Å². The first-order chi connectivity index (χ1) is 8.69. The molecule has 0 bridgehead atoms. The van der Waals surface area contributed by atoms with Gasteiger partial charge in [0, 0.05) is 16.5 Å². The van der Waals surface area contributed by atoms with Crippen LogP contribution in [0.2, 0.25) is 5.02 Å². The third-order valence-corrected chi connectivity index (χ3v) is 2.94. The van der Waals surface area contributed by atoms with Crippen LogP contribution in [0, 0.1) is 0 Å². The number of ether oxygens (including phenoxy) is 1. The highest BCUT2D eigenvalue weighted by molar-refractivity contribution is 6.31. The van der Waals surface area contributed by atoms with Gasteiger partial charge in [-0.3, -0.25) is 0 Å². The molecule has 1 aromatic carbocycles. The van der Waals surface area contributed by atoms with Crippen molar-refractivity contribution in [1.82, 2.24) is 4.98 Å². The van der Waals surface area contributed by atoms with Crippen molar-refractivity contribution in [2.45, 2.75) is 6.92 Å². The minimum Gasteiger partial charge on any atom is -0.460 e. The van der Waals surface area contributed by atoms with Crippen LogP contribution in [-0.4, -0.2) is 17.6 Å². The van der Waals surface area contributed by atoms with Crippen molar-refractivity contribution in [3.05, 3.63) is 35.0 Å². The molecule has 1 N–H and O–H groups in total. The molecule has 18 heavy (non-hydrogen) atoms. The maximum Gasteiger partial charge on any atom is 0.374 e. The predicted molar refractivity (Wildman–Crippen MR) is 69.0 cm³/mol. The molecule has 0 spiro atoms. The Balaban J connectivity index is 2.16. The topological polar surface area (TPSA) is 55.2 Å². The molecule has 5 heteroatoms. The third kappa shape index (κ3) is 1.66. The molecule has 0 atom stereocenters. The quantitative estimate of drug-likeness (QED) is 0.717. The first-order valence-corrected chi connectivity index (χ1v) is 5.94. The lowest BCUT2D eigenvalue weighted by atomic mass is 10.2. The second-order valence-electron chi connectivity index (χ2n) is 3.89. The summed E-state index contributed by atoms with van der Waals surface area (Å²) in [5.74, 6) is -0.251. The molecule has 3 rings (SSSR count). The van der Waals surface area contributed by atoms with Gasteiger partial charge in [0.2, 0.25) is 5.76 Å². The van der Waals surface area contributed by atoms with E-state index in [9.17, 15) is 4.79 Å². The summed E-state index contributed by atoms with van der Waals surface area (Å²) in [5.41, 5.74) is 2.28. The SMILES string of the molecule is CCOC(=O)c1cc2[nH]c3cc(Cl)ccc3c2o1. The number of halogens is 1. The zero-order chi connectivity index (χ0) is 12.7. The van der Waals surface area contributed by atoms with Crippen molar-refractivity contribution in [1.29, 1.82) is 0 Å². The largest absolute Gasteiger partial charge is 0.460 e. The van der Waals surface area contributed by atoms with E-state index in [1.165, 1.54) is 0 Å². The van der Waals surface area contributed by atoms with Crippen LogP contribution in [-0.2, 0) is 4.74 Å². The minimum atomic E-state index is -0.454. The molecule has 0 radical (unpaired) electrons. The fraction of sp³-hybridized carbons (Fsp3) is 0.154. The number of benzene rings is 1. The number of hydrogen-bond acceptors (Lipinski definition) is 3. The average molecular weight is 264 g/mol. The molecule has 2 aromatic heterocycles. The number of H-pyrrole nitrogens is 1. The van der Waals surface area contributed by atoms with Gasteiger partial charge in [-0.15, -0.1) is 0 Å². The van der Waals surface area contributed by atoms with Crippen molar-refractivity contribution in [3.8, 4) is 0 Å². The Morgan fingerprint density at radius 2 is 2.22 bits per heavy atom. The smallest absolute Gasteiger partial charge is 0.374 e. The van der Waals surface area contributed by atoms with E-state index in [4.69, 9.17) is 20.8 Å². The zero-order valence-electron chi connectivity index (χ0n) is 9.62. The van der Waals surface area contributed by atoms with E-state index in [0.29, 0.717) is 17.2 Å². The van der Waals surface area contributed by atoms with Crippen molar-refractivity contribution >= 4 is 39.6 Å². The lowest BCUT2D eigenvalue weighted by Gasteiger charge is -1.96. The number of hydrogen-bond donors (Lipinski definition) is 1. The van der Waals surface area contributed by atoms with Crippen LogP contribution in [0.4, 0.5) is 0 Å². The first-order valence-electron chi connectivity index (χ1n) is 5.57. The summed E-state index contributed by atoms with van der Waals surface area (Å²) in [6, 6.07) is 7.09. The van der Waals surface area contributed by atoms with Crippen LogP contribution in [0.15, 0.2) is 28.7 Å². The number of aromatic nitrogens is 1. The summed E-state index contributed by atoms with van der Waals surface area (Å²) in [5, 5.41) is 1.54. The second-order valence-corrected chi connectivity index (χ2v) is 4.33. The molecule has 0 fully saturated rings. The van der Waals surface area contributed by atoms with Crippen LogP contribution >= 0.6 is 11.6 Å². The van der Waals surface area contributed by atoms with Gasteiger partial charge in [-0.25, -0.2) is 4.79 Å². The Morgan fingerprint density at radius 3 is 3.00 bits per heavy atom. The van der Waals surface area contributed by atoms with Crippen molar-refractivity contribution in [3.63, 3.8) is 0 Å². The van der Waals surface area contributed by atoms with E-state index in [1.54, 1.807) is 19.1 Å². The summed E-state index contributed by atoms with van der Waals surface area (Å²) < 4.78 is 10.4. The molecule has 3 aromatic rings. The molecule has 0 aliphatic rings. The number of carbonyl (C=O) groups excluding carboxylic acids is 1. The number of aromatic amines is 1. The highest BCUT2D eigenvalue weighted by Crippen LogP contribution is 2.30. The van der Waals surface area contributed by atoms with Gasteiger partial charge in [0.25, 0.3) is 0 Å². The van der Waals surface area contributed by atoms with E-state index >= 15 is 0 Å². The molecule has 0 unspecified atom stereocenters. The maximum absolute atomic E-state index is 11.6. The Morgan fingerprint density at radius 1 is 1.39 bits per heavy atom. The number of fused-ring (bicyclic) bond motifs is 3. The molecule has 0 aliphatic carbocycles. The van der Waals surface area contributed by atoms with Crippen LogP contribution in [0.3, 0.4) is 0 Å². The summed E-state index contributed by atoms with van der Waals surface area (Å²) in [7, 11) is 0. The van der Waals surface area contributed by atoms with E-state index in [0.717, 1.165) is 16.4 Å². The fourth-order valence-electron chi connectivity index (χ4n) is 1.95. The van der Waals surface area contributed by atoms with Crippen molar-refractivity contribution in [2.24, 2.45) is 0 Å². The highest BCUT2D eigenvalue weighted by atomic mass is 35.5. The van der Waals surface area contributed by atoms with Crippen molar-refractivity contribution < 1.29 is 13.9 Å². The molecule has 0 saturated carbocycles. The Bertz CT molecular complexity index is 741. The molecule has 92 valence electrons. The fourth-order valence-corrected chi connectivity index (χ4v) is 2.12. The van der Waals surface area contributed by atoms with Gasteiger partial charge in [0.05, 0.1) is 17.6 Å². The van der Waals surface area contributed by atoms with Gasteiger partial charge in [-0.05, 0) is 25.1 Å². The van der Waals surface area contributed by atoms with Crippen LogP contribution in [0.5, 0.6) is 0 Å². The Kier molecular flexibility index (Phi) is 2.52. The normalized spacial score (nSPS) is 11.2. The molecule has 2 heterocycles. The molecule has 4 nitrogen and oxygen atoms in total. The number of esters is 1. The predicted octanol–water partition coefficient (Wildman–Crippen LogP) is 3.74. The van der Waals surface area contributed by atoms with Gasteiger partial charge >= 0.3 is 5.97 Å². The molecule has 0 saturated heterocycles. The summed E-state index contributed by atoms with van der Waals surface area (Å²) in [4.78, 5) is 14.7. The summed E-state index contributed by atoms with van der Waals surface area (Å²) >= 11 is 5.91. The van der Waals surface area contributed by atoms with Gasteiger partial charge in [-0.1, -0.05) is 11.6 Å². The third-order valence-electron chi connectivity index (χ3n) is 2.70. The lowest BCUT2D eigenvalue weighted by molar-refractivity contribution is 0.0493. The van der Waals surface area contributed by atoms with E-state index < -0.39 is 5.97 Å². The second kappa shape index (κ2) is 4.07. The number of nitrogens with one attached hydrogen (secondary N) is 1. The number of carbonyl (C=O) groups is 1. The monoisotopic (exact) mass is 263 g/mol. The van der Waals surface area contributed by atoms with Crippen LogP contribution < -0.4 is 0 Å². The Hall–Kier alpha value is -1.94. The standard InChI is InChI=1S/C13H10ClNO3/c1-2-17-13(16)11-6-10-12(18-11)8-4-3-7(14)5-9(8)15-10/h3-6,15H,2H2,1H3. The highest BCUT2D eigenvalue weighted by Gasteiger charge is 2.16. The molecular weight excluding hydrogens is 254 g/mol. The van der Waals surface area contributed by atoms with Gasteiger partial charge in [-0.2, -0.15) is 0 Å². The zero-order valence-corrected chi connectivity index (χ0v) is 10.4. The van der Waals surface area contributed by atoms with Crippen molar-refractivity contribution in [2.75, 3.05) is 6.61 Å². The minimum absolute atomic E-state index is 0.204. The average Bonchev–Trinajstić information content (AvgIpc) is 2.85. The van der Waals surface area contributed by atoms with Crippen LogP contribution in [0.1, 0.15) is 17.5 Å². The van der Waals surface area contributed by atoms with E-state index in [-0.39, 0.29) is 5.76 Å². The molecular formula is C13H10ClNO3. The number of furan rings is 1. The van der Waals surface area contributed by atoms with Gasteiger partial charge in [0.15, 0.2) is 5.58 Å². The lowest BCUT2D eigenvalue weighted by Crippen LogP contribution is -2.02. The Labute approximate surface area is 107 Å². The molecule has 0 amide bonds. The summed E-state index contributed by atoms with van der Waals surface area (Å²) in [6.07, 6.45) is 0. The van der Waals surface area contributed by atoms with E-state index in [2.05, 4.69) is 4.98 Å².